The predicted octanol–water partition coefficient (Wildman–Crippen LogP) is 2.02. The molecule has 0 radical (unpaired) electrons. The summed E-state index contributed by atoms with van der Waals surface area (Å²) in [6.45, 7) is 0. The van der Waals surface area contributed by atoms with E-state index in [-0.39, 0.29) is 5.29 Å². The van der Waals surface area contributed by atoms with Crippen molar-refractivity contribution in [3.05, 3.63) is 0 Å². The maximum atomic E-state index is 6.58. The molecule has 0 unspecified atom stereocenters. The Morgan fingerprint density at radius 1 is 1.44 bits per heavy atom. The third-order valence-electron chi connectivity index (χ3n) is 0.346. The van der Waals surface area contributed by atoms with Gasteiger partial charge < -0.3 is 0 Å². The van der Waals surface area contributed by atoms with Crippen LogP contribution < -0.4 is 0 Å². The van der Waals surface area contributed by atoms with Gasteiger partial charge in [0.05, 0.1) is 5.67 Å². The summed E-state index contributed by atoms with van der Waals surface area (Å²) in [5.41, 5.74) is 0.936. The van der Waals surface area contributed by atoms with Crippen LogP contribution in [0.25, 0.3) is 0 Å². The van der Waals surface area contributed by atoms with E-state index in [2.05, 4.69) is 9.98 Å². The molecule has 0 saturated heterocycles. The van der Waals surface area contributed by atoms with Crippen LogP contribution in [0.3, 0.4) is 0 Å². The molecule has 0 bridgehead atoms. The predicted molar refractivity (Wildman–Crippen MR) is 41.2 cm³/mol. The van der Waals surface area contributed by atoms with Crippen LogP contribution in [0.2, 0.25) is 0 Å². The summed E-state index contributed by atoms with van der Waals surface area (Å²) in [5.74, 6) is 0. The summed E-state index contributed by atoms with van der Waals surface area (Å²) < 4.78 is 0. The molecule has 0 amide bonds. The molecule has 0 atom stereocenters. The molecule has 0 aromatic rings. The summed E-state index contributed by atoms with van der Waals surface area (Å²) in [6.07, 6.45) is 0. The molecule has 6 heteroatoms. The van der Waals surface area contributed by atoms with Crippen LogP contribution in [0.4, 0.5) is 0 Å². The van der Waals surface area contributed by atoms with Crippen molar-refractivity contribution in [1.82, 2.24) is 0 Å². The Balaban J connectivity index is 4.00. The summed E-state index contributed by atoms with van der Waals surface area (Å²) >= 11 is 15.2. The standard InChI is InChI=1S/C3H2Cl3N3/c4-1-8-3(6)9-2(5)7/h1,7H. The van der Waals surface area contributed by atoms with Crippen molar-refractivity contribution in [2.75, 3.05) is 0 Å². The summed E-state index contributed by atoms with van der Waals surface area (Å²) in [5, 5.41) is 5.99. The summed E-state index contributed by atoms with van der Waals surface area (Å²) in [4.78, 5) is 6.51. The highest BCUT2D eigenvalue weighted by Gasteiger charge is 1.88. The lowest BCUT2D eigenvalue weighted by molar-refractivity contribution is 1.49. The molecule has 0 fully saturated rings. The number of nitrogens with one attached hydrogen (secondary N) is 1. The van der Waals surface area contributed by atoms with Crippen molar-refractivity contribution >= 4 is 51.1 Å². The maximum Gasteiger partial charge on any atom is 0.225 e. The van der Waals surface area contributed by atoms with Gasteiger partial charge in [0.25, 0.3) is 0 Å². The summed E-state index contributed by atoms with van der Waals surface area (Å²) in [6, 6.07) is 0. The Labute approximate surface area is 66.9 Å². The highest BCUT2D eigenvalue weighted by molar-refractivity contribution is 6.72. The number of rotatable bonds is 0. The Morgan fingerprint density at radius 3 is 2.33 bits per heavy atom. The lowest BCUT2D eigenvalue weighted by Crippen LogP contribution is -1.84. The Morgan fingerprint density at radius 2 is 2.00 bits per heavy atom. The van der Waals surface area contributed by atoms with Crippen LogP contribution in [0.5, 0.6) is 0 Å². The van der Waals surface area contributed by atoms with Gasteiger partial charge in [0.15, 0.2) is 0 Å². The average molecular weight is 186 g/mol. The van der Waals surface area contributed by atoms with Gasteiger partial charge in [-0.1, -0.05) is 11.6 Å². The molecule has 0 aliphatic carbocycles. The second kappa shape index (κ2) is 4.73. The van der Waals surface area contributed by atoms with E-state index in [1.807, 2.05) is 0 Å². The van der Waals surface area contributed by atoms with Gasteiger partial charge in [-0.05, 0) is 23.2 Å². The van der Waals surface area contributed by atoms with Gasteiger partial charge in [-0.15, -0.1) is 0 Å². The highest BCUT2D eigenvalue weighted by atomic mass is 35.5. The van der Waals surface area contributed by atoms with Gasteiger partial charge in [-0.2, -0.15) is 4.99 Å². The van der Waals surface area contributed by atoms with Crippen molar-refractivity contribution < 1.29 is 0 Å². The zero-order chi connectivity index (χ0) is 7.28. The first-order valence-corrected chi connectivity index (χ1v) is 2.97. The minimum atomic E-state index is -0.428. The second-order valence-electron chi connectivity index (χ2n) is 0.898. The molecular formula is C3H2Cl3N3. The molecular weight excluding hydrogens is 184 g/mol. The fourth-order valence-corrected chi connectivity index (χ4v) is 0.549. The molecule has 0 aromatic carbocycles. The molecule has 9 heavy (non-hydrogen) atoms. The number of amidine groups is 2. The van der Waals surface area contributed by atoms with Crippen LogP contribution in [0.15, 0.2) is 9.98 Å². The molecule has 0 aromatic heterocycles. The van der Waals surface area contributed by atoms with Crippen LogP contribution in [-0.2, 0) is 0 Å². The minimum absolute atomic E-state index is 0.162. The van der Waals surface area contributed by atoms with Gasteiger partial charge in [0.1, 0.15) is 0 Å². The van der Waals surface area contributed by atoms with E-state index in [4.69, 9.17) is 40.2 Å². The molecule has 0 heterocycles. The normalized spacial score (nSPS) is 12.6. The van der Waals surface area contributed by atoms with Gasteiger partial charge in [-0.3, -0.25) is 5.41 Å². The van der Waals surface area contributed by atoms with Crippen molar-refractivity contribution in [3.8, 4) is 0 Å². The van der Waals surface area contributed by atoms with E-state index < -0.39 is 5.29 Å². The molecule has 0 spiro atoms. The second-order valence-corrected chi connectivity index (χ2v) is 1.79. The number of hydrogen-bond donors (Lipinski definition) is 1. The van der Waals surface area contributed by atoms with E-state index in [0.717, 1.165) is 5.67 Å². The van der Waals surface area contributed by atoms with E-state index >= 15 is 0 Å². The minimum Gasteiger partial charge on any atom is -0.272 e. The SMILES string of the molecule is N=C(Cl)N=C(Cl)N=CCl. The first-order chi connectivity index (χ1) is 4.16. The first-order valence-electron chi connectivity index (χ1n) is 1.78. The lowest BCUT2D eigenvalue weighted by Gasteiger charge is -1.81. The molecule has 50 valence electrons. The fourth-order valence-electron chi connectivity index (χ4n) is 0.150. The smallest absolute Gasteiger partial charge is 0.225 e. The van der Waals surface area contributed by atoms with Crippen LogP contribution in [0.1, 0.15) is 0 Å². The maximum absolute atomic E-state index is 6.58. The quantitative estimate of drug-likeness (QED) is 0.342. The molecule has 0 aliphatic rings. The zero-order valence-electron chi connectivity index (χ0n) is 4.11. The third-order valence-corrected chi connectivity index (χ3v) is 0.710. The Kier molecular flexibility index (Phi) is 4.67. The average Bonchev–Trinajstić information content (AvgIpc) is 1.63. The van der Waals surface area contributed by atoms with E-state index in [0.29, 0.717) is 0 Å². The summed E-state index contributed by atoms with van der Waals surface area (Å²) in [7, 11) is 0. The molecule has 1 N–H and O–H groups in total. The van der Waals surface area contributed by atoms with Crippen molar-refractivity contribution in [3.63, 3.8) is 0 Å². The molecule has 0 saturated carbocycles. The number of aliphatic imine (C=N–C) groups is 2. The van der Waals surface area contributed by atoms with Gasteiger partial charge in [0, 0.05) is 0 Å². The number of halogens is 3. The third kappa shape index (κ3) is 5.76. The van der Waals surface area contributed by atoms with E-state index in [1.165, 1.54) is 0 Å². The number of hydrogen-bond acceptors (Lipinski definition) is 1. The zero-order valence-corrected chi connectivity index (χ0v) is 6.37. The monoisotopic (exact) mass is 185 g/mol. The van der Waals surface area contributed by atoms with Crippen molar-refractivity contribution in [1.29, 1.82) is 5.41 Å². The topological polar surface area (TPSA) is 48.6 Å². The van der Waals surface area contributed by atoms with Crippen LogP contribution in [0, 0.1) is 5.41 Å². The van der Waals surface area contributed by atoms with Gasteiger partial charge in [-0.25, -0.2) is 4.99 Å². The van der Waals surface area contributed by atoms with Crippen molar-refractivity contribution in [2.24, 2.45) is 9.98 Å². The van der Waals surface area contributed by atoms with Gasteiger partial charge in [0.2, 0.25) is 10.6 Å². The largest absolute Gasteiger partial charge is 0.272 e. The lowest BCUT2D eigenvalue weighted by atomic mass is 11.1. The Hall–Kier alpha value is -0.120. The molecule has 0 aliphatic heterocycles. The van der Waals surface area contributed by atoms with Crippen LogP contribution >= 0.6 is 34.8 Å². The van der Waals surface area contributed by atoms with Crippen LogP contribution in [-0.4, -0.2) is 16.3 Å². The van der Waals surface area contributed by atoms with E-state index in [9.17, 15) is 0 Å². The van der Waals surface area contributed by atoms with Gasteiger partial charge >= 0.3 is 0 Å². The number of nitrogens with zero attached hydrogens (tertiary/aromatic N) is 2. The molecule has 0 rings (SSSR count). The van der Waals surface area contributed by atoms with Crippen molar-refractivity contribution in [2.45, 2.75) is 0 Å². The fraction of sp³-hybridized carbons (Fsp3) is 0. The molecule has 3 nitrogen and oxygen atoms in total. The van der Waals surface area contributed by atoms with E-state index in [1.54, 1.807) is 0 Å². The Bertz CT molecular complexity index is 162. The highest BCUT2D eigenvalue weighted by Crippen LogP contribution is 1.91. The first kappa shape index (κ1) is 8.88.